The van der Waals surface area contributed by atoms with Crippen LogP contribution in [0.25, 0.3) is 0 Å². The third-order valence-corrected chi connectivity index (χ3v) is 12.5. The first-order chi connectivity index (χ1) is 26.5. The quantitative estimate of drug-likeness (QED) is 0.0651. The molecule has 0 unspecified atom stereocenters. The van der Waals surface area contributed by atoms with Crippen molar-refractivity contribution in [2.45, 2.75) is 171 Å². The van der Waals surface area contributed by atoms with Gasteiger partial charge in [-0.2, -0.15) is 0 Å². The predicted octanol–water partition coefficient (Wildman–Crippen LogP) is 1.26. The van der Waals surface area contributed by atoms with Crippen molar-refractivity contribution in [3.8, 4) is 0 Å². The molecule has 4 fully saturated rings. The lowest BCUT2D eigenvalue weighted by Crippen LogP contribution is -2.63. The van der Waals surface area contributed by atoms with Crippen molar-refractivity contribution in [3.63, 3.8) is 0 Å². The van der Waals surface area contributed by atoms with Crippen molar-refractivity contribution in [1.29, 1.82) is 0 Å². The van der Waals surface area contributed by atoms with Crippen molar-refractivity contribution < 1.29 is 73.1 Å². The average molecular weight is 805 g/mol. The van der Waals surface area contributed by atoms with Crippen LogP contribution in [0.15, 0.2) is 5.16 Å². The number of likely N-dealkylation sites (N-methyl/N-ethyl adjacent to an activating group) is 1. The van der Waals surface area contributed by atoms with Crippen molar-refractivity contribution in [2.75, 3.05) is 34.9 Å². The molecule has 0 aromatic heterocycles. The van der Waals surface area contributed by atoms with Gasteiger partial charge in [-0.1, -0.05) is 25.9 Å². The van der Waals surface area contributed by atoms with E-state index in [1.54, 1.807) is 39.8 Å². The first-order valence-electron chi connectivity index (χ1n) is 20.0. The summed E-state index contributed by atoms with van der Waals surface area (Å²) in [7, 11) is 6.40. The van der Waals surface area contributed by atoms with Crippen molar-refractivity contribution in [3.05, 3.63) is 0 Å². The Morgan fingerprint density at radius 2 is 1.59 bits per heavy atom. The zero-order valence-electron chi connectivity index (χ0n) is 34.6. The third kappa shape index (κ3) is 10.6. The minimum absolute atomic E-state index is 0.00726. The fourth-order valence-electron chi connectivity index (χ4n) is 8.90. The monoisotopic (exact) mass is 804 g/mol. The largest absolute Gasteiger partial charge is 0.462 e. The van der Waals surface area contributed by atoms with Crippen LogP contribution in [0.4, 0.5) is 0 Å². The van der Waals surface area contributed by atoms with Gasteiger partial charge in [-0.05, 0) is 72.4 Å². The highest BCUT2D eigenvalue weighted by Gasteiger charge is 2.58. The second-order valence-corrected chi connectivity index (χ2v) is 16.7. The van der Waals surface area contributed by atoms with E-state index in [9.17, 15) is 35.2 Å². The standard InChI is InChI=1S/C39H68N2O15/c1-11-27-24(18-51-38-35(50-10)34(49-9)31(46)22(5)53-38)36-39(6,56-36)14-12-25(40-48)19(2)16-23(13-15-42)33(20(3)26(43)17-28(44)54-27)55-37-32(47)29(41(7)8)30(45)21(4)52-37/h15,19-24,26-27,29-38,43,45-48H,11-14,16-18H2,1-10H3/b40-25-/t19-,20-,21-,22-,23+,24-,26+,27-,29+,30-,31-,32-,33-,34-,35-,36-,37+,38-,39-/m1/s1. The van der Waals surface area contributed by atoms with Crippen molar-refractivity contribution in [2.24, 2.45) is 28.8 Å². The van der Waals surface area contributed by atoms with E-state index in [-0.39, 0.29) is 18.9 Å². The van der Waals surface area contributed by atoms with Gasteiger partial charge >= 0.3 is 5.97 Å². The lowest BCUT2D eigenvalue weighted by molar-refractivity contribution is -0.305. The molecule has 56 heavy (non-hydrogen) atoms. The van der Waals surface area contributed by atoms with Crippen LogP contribution >= 0.6 is 0 Å². The summed E-state index contributed by atoms with van der Waals surface area (Å²) in [6, 6.07) is -0.735. The number of aliphatic hydroxyl groups is 4. The maximum absolute atomic E-state index is 13.7. The highest BCUT2D eigenvalue weighted by atomic mass is 16.7. The van der Waals surface area contributed by atoms with E-state index < -0.39 is 122 Å². The van der Waals surface area contributed by atoms with E-state index >= 15 is 0 Å². The summed E-state index contributed by atoms with van der Waals surface area (Å²) < 4.78 is 48.4. The Kier molecular flexibility index (Phi) is 17.1. The third-order valence-electron chi connectivity index (χ3n) is 12.5. The van der Waals surface area contributed by atoms with Gasteiger partial charge in [-0.15, -0.1) is 0 Å². The predicted molar refractivity (Wildman–Crippen MR) is 200 cm³/mol. The van der Waals surface area contributed by atoms with E-state index in [2.05, 4.69) is 5.16 Å². The number of aliphatic hydroxyl groups excluding tert-OH is 4. The molecule has 324 valence electrons. The Labute approximate surface area is 330 Å². The van der Waals surface area contributed by atoms with E-state index in [0.717, 1.165) is 6.29 Å². The number of hydrogen-bond acceptors (Lipinski definition) is 17. The Hall–Kier alpha value is -1.87. The Morgan fingerprint density at radius 3 is 2.18 bits per heavy atom. The van der Waals surface area contributed by atoms with Gasteiger partial charge in [-0.3, -0.25) is 4.79 Å². The van der Waals surface area contributed by atoms with Crippen LogP contribution < -0.4 is 0 Å². The number of cyclic esters (lactones) is 1. The molecule has 0 aromatic carbocycles. The molecule has 17 nitrogen and oxygen atoms in total. The SMILES string of the molecule is CC[C@H]1OC(=O)C[C@H](O)[C@@H](C)[C@@H](O[C@@H]2O[C@H](C)[C@@H](O)[C@H](N(C)C)[C@H]2O)[C@@H](CC=O)C[C@@H](C)/C(=N\O)CC[C@@]2(C)O[C@@H]2[C@@H]1CO[C@@H]1O[C@H](C)[C@@H](O)[C@@H](OC)[C@H]1OC. The summed E-state index contributed by atoms with van der Waals surface area (Å²) in [5.74, 6) is -2.86. The van der Waals surface area contributed by atoms with Crippen LogP contribution in [0, 0.1) is 23.7 Å². The summed E-state index contributed by atoms with van der Waals surface area (Å²) in [5.41, 5.74) is -0.218. The first-order valence-corrected chi connectivity index (χ1v) is 20.0. The minimum Gasteiger partial charge on any atom is -0.462 e. The lowest BCUT2D eigenvalue weighted by Gasteiger charge is -2.46. The second kappa shape index (κ2) is 20.4. The zero-order valence-corrected chi connectivity index (χ0v) is 34.6. The Bertz CT molecular complexity index is 1290. The van der Waals surface area contributed by atoms with Crippen LogP contribution in [-0.2, 0) is 47.5 Å². The van der Waals surface area contributed by atoms with Crippen LogP contribution in [0.3, 0.4) is 0 Å². The van der Waals surface area contributed by atoms with Gasteiger partial charge in [0.1, 0.15) is 36.8 Å². The number of carbonyl (C=O) groups excluding carboxylic acids is 2. The van der Waals surface area contributed by atoms with Gasteiger partial charge in [-0.25, -0.2) is 0 Å². The van der Waals surface area contributed by atoms with Gasteiger partial charge < -0.3 is 73.2 Å². The van der Waals surface area contributed by atoms with Gasteiger partial charge in [0, 0.05) is 32.5 Å². The molecule has 0 bridgehead atoms. The number of methoxy groups -OCH3 is 2. The molecule has 0 aliphatic carbocycles. The summed E-state index contributed by atoms with van der Waals surface area (Å²) in [6.45, 7) is 10.8. The maximum atomic E-state index is 13.7. The first kappa shape index (κ1) is 46.8. The number of hydrogen-bond donors (Lipinski definition) is 5. The van der Waals surface area contributed by atoms with Crippen LogP contribution in [0.5, 0.6) is 0 Å². The topological polar surface area (TPSA) is 228 Å². The van der Waals surface area contributed by atoms with E-state index in [1.807, 2.05) is 20.8 Å². The summed E-state index contributed by atoms with van der Waals surface area (Å²) in [4.78, 5) is 27.6. The number of aldehydes is 1. The van der Waals surface area contributed by atoms with E-state index in [1.165, 1.54) is 14.2 Å². The molecule has 19 atom stereocenters. The normalized spacial score (nSPS) is 46.6. The molecule has 5 N–H and O–H groups in total. The molecule has 4 aliphatic heterocycles. The molecule has 4 saturated heterocycles. The number of ether oxygens (including phenoxy) is 8. The summed E-state index contributed by atoms with van der Waals surface area (Å²) in [6.07, 6.45) is -9.75. The molecule has 4 aliphatic rings. The lowest BCUT2D eigenvalue weighted by atomic mass is 9.78. The van der Waals surface area contributed by atoms with Crippen molar-refractivity contribution in [1.82, 2.24) is 4.90 Å². The van der Waals surface area contributed by atoms with Crippen LogP contribution in [-0.4, -0.2) is 175 Å². The molecular weight excluding hydrogens is 736 g/mol. The Morgan fingerprint density at radius 1 is 0.946 bits per heavy atom. The van der Waals surface area contributed by atoms with Crippen LogP contribution in [0.1, 0.15) is 80.1 Å². The number of rotatable bonds is 11. The van der Waals surface area contributed by atoms with Gasteiger partial charge in [0.15, 0.2) is 12.6 Å². The molecule has 0 spiro atoms. The fourth-order valence-corrected chi connectivity index (χ4v) is 8.90. The summed E-state index contributed by atoms with van der Waals surface area (Å²) >= 11 is 0. The number of fused-ring (bicyclic) bond motifs is 1. The molecule has 0 radical (unpaired) electrons. The minimum atomic E-state index is -1.31. The highest BCUT2D eigenvalue weighted by molar-refractivity contribution is 5.86. The van der Waals surface area contributed by atoms with Gasteiger partial charge in [0.05, 0.1) is 67.0 Å². The fraction of sp³-hybridized carbons (Fsp3) is 0.923. The molecule has 4 heterocycles. The molecule has 0 aromatic rings. The molecule has 0 saturated carbocycles. The summed E-state index contributed by atoms with van der Waals surface area (Å²) in [5, 5.41) is 58.4. The van der Waals surface area contributed by atoms with E-state index in [0.29, 0.717) is 31.4 Å². The maximum Gasteiger partial charge on any atom is 0.308 e. The van der Waals surface area contributed by atoms with Crippen molar-refractivity contribution >= 4 is 18.0 Å². The number of carbonyl (C=O) groups is 2. The molecule has 4 rings (SSSR count). The highest BCUT2D eigenvalue weighted by Crippen LogP contribution is 2.48. The zero-order chi connectivity index (χ0) is 41.6. The Balaban J connectivity index is 1.64. The number of oxime groups is 1. The number of epoxide rings is 1. The number of esters is 1. The van der Waals surface area contributed by atoms with Gasteiger partial charge in [0.2, 0.25) is 0 Å². The van der Waals surface area contributed by atoms with E-state index in [4.69, 9.17) is 37.9 Å². The molecular formula is C39H68N2O15. The molecule has 17 heteroatoms. The molecule has 0 amide bonds. The van der Waals surface area contributed by atoms with Crippen LogP contribution in [0.2, 0.25) is 0 Å². The smallest absolute Gasteiger partial charge is 0.308 e. The number of nitrogens with zero attached hydrogens (tertiary/aromatic N) is 2. The average Bonchev–Trinajstić information content (AvgIpc) is 3.82. The second-order valence-electron chi connectivity index (χ2n) is 16.7. The van der Waals surface area contributed by atoms with Gasteiger partial charge in [0.25, 0.3) is 0 Å².